The number of urea groups is 1. The number of hydrogen-bond donors (Lipinski definition) is 3. The predicted molar refractivity (Wildman–Crippen MR) is 88.0 cm³/mol. The molecule has 8 nitrogen and oxygen atoms in total. The average Bonchev–Trinajstić information content (AvgIpc) is 2.42. The molecule has 0 radical (unpaired) electrons. The second-order valence-electron chi connectivity index (χ2n) is 5.50. The number of hydrazine groups is 1. The first-order valence-electron chi connectivity index (χ1n) is 6.88. The van der Waals surface area contributed by atoms with Crippen molar-refractivity contribution in [1.82, 2.24) is 15.7 Å². The quantitative estimate of drug-likeness (QED) is 0.705. The molecule has 0 aromatic carbocycles. The van der Waals surface area contributed by atoms with E-state index < -0.39 is 0 Å². The molecular weight excluding hydrogens is 282 g/mol. The smallest absolute Gasteiger partial charge is 0.333 e. The molecular formula is C14H23N7O. The van der Waals surface area contributed by atoms with Gasteiger partial charge in [-0.1, -0.05) is 0 Å². The Bertz CT molecular complexity index is 546. The fourth-order valence-electron chi connectivity index (χ4n) is 1.79. The van der Waals surface area contributed by atoms with Crippen molar-refractivity contribution in [1.29, 1.82) is 5.26 Å². The monoisotopic (exact) mass is 305 g/mol. The Kier molecular flexibility index (Phi) is 5.81. The lowest BCUT2D eigenvalue weighted by Gasteiger charge is -2.21. The third kappa shape index (κ3) is 4.41. The second kappa shape index (κ2) is 7.36. The van der Waals surface area contributed by atoms with Crippen molar-refractivity contribution < 1.29 is 4.79 Å². The van der Waals surface area contributed by atoms with Crippen molar-refractivity contribution in [3.05, 3.63) is 11.6 Å². The molecule has 0 aliphatic heterocycles. The lowest BCUT2D eigenvalue weighted by atomic mass is 10.2. The normalized spacial score (nSPS) is 9.91. The number of rotatable bonds is 5. The first-order chi connectivity index (χ1) is 10.3. The van der Waals surface area contributed by atoms with Gasteiger partial charge in [-0.15, -0.1) is 0 Å². The number of anilines is 3. The van der Waals surface area contributed by atoms with Gasteiger partial charge in [0.2, 0.25) is 0 Å². The topological polar surface area (TPSA) is 96.3 Å². The lowest BCUT2D eigenvalue weighted by Crippen LogP contribution is -2.42. The Hall–Kier alpha value is -2.69. The third-order valence-electron chi connectivity index (χ3n) is 2.72. The van der Waals surface area contributed by atoms with Crippen LogP contribution < -0.4 is 26.0 Å². The van der Waals surface area contributed by atoms with E-state index in [1.165, 1.54) is 0 Å². The van der Waals surface area contributed by atoms with E-state index in [0.29, 0.717) is 17.2 Å². The second-order valence-corrected chi connectivity index (χ2v) is 5.50. The number of nitrogens with one attached hydrogen (secondary N) is 3. The predicted octanol–water partition coefficient (Wildman–Crippen LogP) is 1.12. The molecule has 1 aromatic rings. The van der Waals surface area contributed by atoms with Gasteiger partial charge < -0.3 is 15.1 Å². The van der Waals surface area contributed by atoms with Crippen LogP contribution in [0.25, 0.3) is 0 Å². The summed E-state index contributed by atoms with van der Waals surface area (Å²) in [6, 6.07) is 3.57. The van der Waals surface area contributed by atoms with E-state index in [1.54, 1.807) is 11.0 Å². The molecule has 0 saturated heterocycles. The molecule has 0 unspecified atom stereocenters. The van der Waals surface area contributed by atoms with Gasteiger partial charge in [0.25, 0.3) is 0 Å². The molecule has 1 rings (SSSR count). The first kappa shape index (κ1) is 17.4. The molecule has 22 heavy (non-hydrogen) atoms. The van der Waals surface area contributed by atoms with Crippen molar-refractivity contribution in [2.75, 3.05) is 43.4 Å². The van der Waals surface area contributed by atoms with E-state index in [-0.39, 0.29) is 12.1 Å². The number of nitriles is 1. The van der Waals surface area contributed by atoms with Crippen molar-refractivity contribution in [2.24, 2.45) is 0 Å². The van der Waals surface area contributed by atoms with Gasteiger partial charge in [-0.05, 0) is 13.8 Å². The Morgan fingerprint density at radius 1 is 1.27 bits per heavy atom. The van der Waals surface area contributed by atoms with Crippen molar-refractivity contribution >= 4 is 23.4 Å². The highest BCUT2D eigenvalue weighted by Gasteiger charge is 2.16. The Balaban J connectivity index is 3.06. The maximum atomic E-state index is 11.6. The SMILES string of the molecule is CC(C)NC(=O)NNc1cc(N(C)C)c(C#N)c(N(C)C)n1. The van der Waals surface area contributed by atoms with Gasteiger partial charge in [-0.3, -0.25) is 10.9 Å². The lowest BCUT2D eigenvalue weighted by molar-refractivity contribution is 0.240. The van der Waals surface area contributed by atoms with Gasteiger partial charge in [0.1, 0.15) is 17.5 Å². The number of hydrogen-bond acceptors (Lipinski definition) is 6. The van der Waals surface area contributed by atoms with E-state index >= 15 is 0 Å². The summed E-state index contributed by atoms with van der Waals surface area (Å²) in [7, 11) is 7.31. The molecule has 8 heteroatoms. The fourth-order valence-corrected chi connectivity index (χ4v) is 1.79. The molecule has 0 fully saturated rings. The Morgan fingerprint density at radius 3 is 2.36 bits per heavy atom. The molecule has 0 bridgehead atoms. The molecule has 0 saturated carbocycles. The van der Waals surface area contributed by atoms with Gasteiger partial charge in [-0.25, -0.2) is 9.78 Å². The zero-order valence-electron chi connectivity index (χ0n) is 13.9. The zero-order chi connectivity index (χ0) is 16.9. The highest BCUT2D eigenvalue weighted by atomic mass is 16.2. The van der Waals surface area contributed by atoms with Crippen molar-refractivity contribution in [2.45, 2.75) is 19.9 Å². The van der Waals surface area contributed by atoms with Crippen LogP contribution in [0.5, 0.6) is 0 Å². The standard InChI is InChI=1S/C14H23N7O/c1-9(2)16-14(22)19-18-12-7-11(20(3)4)10(8-15)13(17-12)21(5)6/h7,9H,1-6H3,(H,17,18)(H2,16,19,22). The summed E-state index contributed by atoms with van der Waals surface area (Å²) >= 11 is 0. The van der Waals surface area contributed by atoms with Crippen LogP contribution in [0.15, 0.2) is 6.07 Å². The Labute approximate surface area is 131 Å². The van der Waals surface area contributed by atoms with Crippen molar-refractivity contribution in [3.8, 4) is 6.07 Å². The summed E-state index contributed by atoms with van der Waals surface area (Å²) in [6.07, 6.45) is 0. The molecule has 0 atom stereocenters. The highest BCUT2D eigenvalue weighted by Crippen LogP contribution is 2.28. The molecule has 0 spiro atoms. The molecule has 0 aliphatic carbocycles. The van der Waals surface area contributed by atoms with Gasteiger partial charge >= 0.3 is 6.03 Å². The van der Waals surface area contributed by atoms with E-state index in [9.17, 15) is 10.1 Å². The van der Waals surface area contributed by atoms with Crippen molar-refractivity contribution in [3.63, 3.8) is 0 Å². The number of nitrogens with zero attached hydrogens (tertiary/aromatic N) is 4. The first-order valence-corrected chi connectivity index (χ1v) is 6.88. The van der Waals surface area contributed by atoms with Crippen LogP contribution in [-0.4, -0.2) is 45.2 Å². The van der Waals surface area contributed by atoms with Gasteiger partial charge in [0.05, 0.1) is 5.69 Å². The molecule has 3 N–H and O–H groups in total. The van der Waals surface area contributed by atoms with Gasteiger partial charge in [0.15, 0.2) is 5.82 Å². The van der Waals surface area contributed by atoms with Gasteiger partial charge in [0, 0.05) is 40.3 Å². The summed E-state index contributed by atoms with van der Waals surface area (Å²) in [5.41, 5.74) is 6.47. The summed E-state index contributed by atoms with van der Waals surface area (Å²) in [6.45, 7) is 3.74. The summed E-state index contributed by atoms with van der Waals surface area (Å²) in [5.74, 6) is 0.979. The number of amides is 2. The van der Waals surface area contributed by atoms with E-state index in [4.69, 9.17) is 0 Å². The molecule has 1 heterocycles. The average molecular weight is 305 g/mol. The number of aromatic nitrogens is 1. The molecule has 2 amide bonds. The van der Waals surface area contributed by atoms with E-state index in [1.807, 2.05) is 46.9 Å². The van der Waals surface area contributed by atoms with Crippen LogP contribution >= 0.6 is 0 Å². The number of carbonyl (C=O) groups is 1. The summed E-state index contributed by atoms with van der Waals surface area (Å²) in [4.78, 5) is 19.5. The fraction of sp³-hybridized carbons (Fsp3) is 0.500. The number of pyridine rings is 1. The minimum absolute atomic E-state index is 0.0328. The Morgan fingerprint density at radius 2 is 1.91 bits per heavy atom. The van der Waals surface area contributed by atoms with Crippen LogP contribution in [0.2, 0.25) is 0 Å². The molecule has 1 aromatic heterocycles. The molecule has 120 valence electrons. The zero-order valence-corrected chi connectivity index (χ0v) is 13.9. The van der Waals surface area contributed by atoms with Crippen LogP contribution in [0.1, 0.15) is 19.4 Å². The van der Waals surface area contributed by atoms with Crippen LogP contribution in [-0.2, 0) is 0 Å². The minimum Gasteiger partial charge on any atom is -0.376 e. The summed E-state index contributed by atoms with van der Waals surface area (Å²) in [5, 5.41) is 12.1. The third-order valence-corrected chi connectivity index (χ3v) is 2.72. The maximum Gasteiger partial charge on any atom is 0.333 e. The van der Waals surface area contributed by atoms with E-state index in [2.05, 4.69) is 27.2 Å². The van der Waals surface area contributed by atoms with Gasteiger partial charge in [-0.2, -0.15) is 5.26 Å². The van der Waals surface area contributed by atoms with Crippen LogP contribution in [0, 0.1) is 11.3 Å². The summed E-state index contributed by atoms with van der Waals surface area (Å²) < 4.78 is 0. The largest absolute Gasteiger partial charge is 0.376 e. The van der Waals surface area contributed by atoms with Crippen LogP contribution in [0.4, 0.5) is 22.1 Å². The number of carbonyl (C=O) groups excluding carboxylic acids is 1. The van der Waals surface area contributed by atoms with Crippen LogP contribution in [0.3, 0.4) is 0 Å². The minimum atomic E-state index is -0.348. The highest BCUT2D eigenvalue weighted by molar-refractivity contribution is 5.77. The van der Waals surface area contributed by atoms with E-state index in [0.717, 1.165) is 5.69 Å². The maximum absolute atomic E-state index is 11.6. The molecule has 0 aliphatic rings.